The Balaban J connectivity index is 0.858. The number of hydrogen-bond acceptors (Lipinski definition) is 2. The third kappa shape index (κ3) is 6.88. The van der Waals surface area contributed by atoms with Crippen molar-refractivity contribution in [1.82, 2.24) is 23.6 Å². The van der Waals surface area contributed by atoms with E-state index < -0.39 is 0 Å². The molecule has 0 bridgehead atoms. The highest BCUT2D eigenvalue weighted by Gasteiger charge is 2.29. The third-order valence-corrected chi connectivity index (χ3v) is 18.0. The normalized spacial score (nSPS) is 14.4. The third-order valence-electron chi connectivity index (χ3n) is 18.0. The second-order valence-corrected chi connectivity index (χ2v) is 22.6. The number of aliphatic imine (C=N–C) groups is 1. The van der Waals surface area contributed by atoms with Crippen LogP contribution in [0.15, 0.2) is 284 Å². The SMILES string of the molecule is C1=CC(n2c3ccccc3c3c2ccc2c4cc(-c5ccc6c(c5)c5ccc7c8ccccc8n(-c8ccccc8)c7c5n6-c5ccccc5)ccc4n(C4=Nc5ccccc5C(c5ccc(-c6cccc7ccccc67)cc5)N4)c23)=CCC1. The van der Waals surface area contributed by atoms with Crippen molar-refractivity contribution in [2.45, 2.75) is 18.9 Å². The average molecular weight is 1070 g/mol. The quantitative estimate of drug-likeness (QED) is 0.177. The minimum absolute atomic E-state index is 0.167. The van der Waals surface area contributed by atoms with E-state index >= 15 is 0 Å². The number of rotatable bonds is 6. The van der Waals surface area contributed by atoms with Gasteiger partial charge in [-0.15, -0.1) is 0 Å². The summed E-state index contributed by atoms with van der Waals surface area (Å²) in [6.07, 6.45) is 9.05. The Kier molecular flexibility index (Phi) is 10.2. The Morgan fingerprint density at radius 1 is 0.369 bits per heavy atom. The highest BCUT2D eigenvalue weighted by atomic mass is 15.2. The molecule has 5 heterocycles. The molecule has 394 valence electrons. The van der Waals surface area contributed by atoms with E-state index in [1.54, 1.807) is 0 Å². The summed E-state index contributed by atoms with van der Waals surface area (Å²) in [5.41, 5.74) is 20.8. The summed E-state index contributed by atoms with van der Waals surface area (Å²) in [5.74, 6) is 0.792. The van der Waals surface area contributed by atoms with Crippen LogP contribution >= 0.6 is 0 Å². The molecule has 0 amide bonds. The second-order valence-electron chi connectivity index (χ2n) is 22.6. The second kappa shape index (κ2) is 18.3. The largest absolute Gasteiger partial charge is 0.344 e. The zero-order valence-corrected chi connectivity index (χ0v) is 45.8. The van der Waals surface area contributed by atoms with E-state index in [4.69, 9.17) is 4.99 Å². The van der Waals surface area contributed by atoms with Gasteiger partial charge in [0.1, 0.15) is 0 Å². The van der Waals surface area contributed by atoms with Crippen molar-refractivity contribution in [3.05, 3.63) is 290 Å². The van der Waals surface area contributed by atoms with Crippen LogP contribution in [0.2, 0.25) is 0 Å². The molecule has 12 aromatic carbocycles. The van der Waals surface area contributed by atoms with Crippen LogP contribution in [0.5, 0.6) is 0 Å². The molecule has 6 nitrogen and oxygen atoms in total. The lowest BCUT2D eigenvalue weighted by atomic mass is 9.93. The average Bonchev–Trinajstić information content (AvgIpc) is 2.26. The van der Waals surface area contributed by atoms with E-state index in [9.17, 15) is 0 Å². The van der Waals surface area contributed by atoms with Gasteiger partial charge < -0.3 is 19.0 Å². The van der Waals surface area contributed by atoms with E-state index in [-0.39, 0.29) is 6.04 Å². The molecule has 1 aliphatic carbocycles. The first-order valence-electron chi connectivity index (χ1n) is 29.2. The molecule has 6 heteroatoms. The standard InChI is InChI=1S/C78H52N6/c1-4-21-54(22-5-1)81-69-34-17-14-30-64(69)73-72(81)46-43-61-65-47-53(40-45-71(65)84(75(61)73)78-79-67-32-15-12-29-63(67)74(80-78)51-37-35-50(36-38-51)58-31-18-20-49-19-10-11-27-57(49)58)52-39-44-70-66(48-52)62-42-41-60-59-28-13-16-33-68(59)82(55-23-6-2-7-24-55)76(60)77(62)83(70)56-25-8-3-9-26-56/h2-4,6-48,74H,1,5H2,(H,79,80). The van der Waals surface area contributed by atoms with Crippen molar-refractivity contribution < 1.29 is 0 Å². The molecule has 18 rings (SSSR count). The lowest BCUT2D eigenvalue weighted by Gasteiger charge is -2.28. The molecule has 0 saturated carbocycles. The van der Waals surface area contributed by atoms with Gasteiger partial charge in [0.25, 0.3) is 0 Å². The maximum absolute atomic E-state index is 5.61. The van der Waals surface area contributed by atoms with Crippen LogP contribution < -0.4 is 5.32 Å². The molecule has 4 aromatic heterocycles. The van der Waals surface area contributed by atoms with Gasteiger partial charge in [-0.05, 0) is 130 Å². The van der Waals surface area contributed by atoms with Crippen molar-refractivity contribution >= 4 is 115 Å². The van der Waals surface area contributed by atoms with E-state index in [1.807, 2.05) is 0 Å². The maximum atomic E-state index is 5.61. The number of benzene rings is 12. The van der Waals surface area contributed by atoms with Crippen LogP contribution in [0, 0.1) is 0 Å². The summed E-state index contributed by atoms with van der Waals surface area (Å²) in [6.45, 7) is 0. The summed E-state index contributed by atoms with van der Waals surface area (Å²) in [7, 11) is 0. The van der Waals surface area contributed by atoms with Gasteiger partial charge in [-0.2, -0.15) is 0 Å². The Bertz CT molecular complexity index is 5510. The number of aromatic nitrogens is 4. The minimum atomic E-state index is -0.167. The van der Waals surface area contributed by atoms with Gasteiger partial charge in [0.05, 0.1) is 55.9 Å². The van der Waals surface area contributed by atoms with Crippen molar-refractivity contribution in [3.63, 3.8) is 0 Å². The van der Waals surface area contributed by atoms with Crippen LogP contribution in [-0.2, 0) is 0 Å². The van der Waals surface area contributed by atoms with E-state index in [0.29, 0.717) is 0 Å². The fraction of sp³-hybridized carbons (Fsp3) is 0.0385. The van der Waals surface area contributed by atoms with Gasteiger partial charge >= 0.3 is 0 Å². The smallest absolute Gasteiger partial charge is 0.209 e. The Hall–Kier alpha value is -11.0. The molecular formula is C78H52N6. The highest BCUT2D eigenvalue weighted by molar-refractivity contribution is 6.29. The van der Waals surface area contributed by atoms with Gasteiger partial charge in [-0.1, -0.05) is 200 Å². The predicted molar refractivity (Wildman–Crippen MR) is 353 cm³/mol. The molecule has 1 N–H and O–H groups in total. The van der Waals surface area contributed by atoms with Crippen LogP contribution in [0.1, 0.15) is 30.0 Å². The molecule has 0 spiro atoms. The lowest BCUT2D eigenvalue weighted by molar-refractivity contribution is 0.731. The summed E-state index contributed by atoms with van der Waals surface area (Å²) >= 11 is 0. The molecule has 84 heavy (non-hydrogen) atoms. The van der Waals surface area contributed by atoms with Gasteiger partial charge in [-0.3, -0.25) is 4.57 Å². The fourth-order valence-corrected chi connectivity index (χ4v) is 14.3. The first-order valence-corrected chi connectivity index (χ1v) is 29.2. The molecule has 1 atom stereocenters. The summed E-state index contributed by atoms with van der Waals surface area (Å²) in [6, 6.07) is 95.9. The zero-order chi connectivity index (χ0) is 55.0. The van der Waals surface area contributed by atoms with Crippen molar-refractivity contribution in [3.8, 4) is 33.6 Å². The summed E-state index contributed by atoms with van der Waals surface area (Å²) in [5, 5.41) is 16.2. The fourth-order valence-electron chi connectivity index (χ4n) is 14.3. The maximum Gasteiger partial charge on any atom is 0.209 e. The topological polar surface area (TPSA) is 44.1 Å². The first-order chi connectivity index (χ1) is 41.7. The molecule has 2 aliphatic rings. The van der Waals surface area contributed by atoms with E-state index in [0.717, 1.165) is 69.1 Å². The molecule has 0 fully saturated rings. The highest BCUT2D eigenvalue weighted by Crippen LogP contribution is 2.46. The zero-order valence-electron chi connectivity index (χ0n) is 45.8. The van der Waals surface area contributed by atoms with Gasteiger partial charge in [0.15, 0.2) is 0 Å². The van der Waals surface area contributed by atoms with Crippen molar-refractivity contribution in [1.29, 1.82) is 0 Å². The number of nitrogens with one attached hydrogen (secondary N) is 1. The number of para-hydroxylation sites is 5. The number of nitrogens with zero attached hydrogens (tertiary/aromatic N) is 5. The van der Waals surface area contributed by atoms with Crippen molar-refractivity contribution in [2.24, 2.45) is 4.99 Å². The monoisotopic (exact) mass is 1070 g/mol. The number of allylic oxidation sites excluding steroid dienone is 4. The Labute approximate surface area is 484 Å². The first kappa shape index (κ1) is 46.8. The predicted octanol–water partition coefficient (Wildman–Crippen LogP) is 20.0. The molecule has 0 radical (unpaired) electrons. The molecule has 1 unspecified atom stereocenters. The van der Waals surface area contributed by atoms with E-state index in [1.165, 1.54) is 104 Å². The van der Waals surface area contributed by atoms with Gasteiger partial charge in [-0.25, -0.2) is 4.99 Å². The van der Waals surface area contributed by atoms with Gasteiger partial charge in [0.2, 0.25) is 5.96 Å². The summed E-state index contributed by atoms with van der Waals surface area (Å²) in [4.78, 5) is 5.61. The summed E-state index contributed by atoms with van der Waals surface area (Å²) < 4.78 is 9.84. The van der Waals surface area contributed by atoms with Crippen LogP contribution in [-0.4, -0.2) is 24.2 Å². The van der Waals surface area contributed by atoms with Crippen LogP contribution in [0.4, 0.5) is 5.69 Å². The Morgan fingerprint density at radius 3 is 1.63 bits per heavy atom. The van der Waals surface area contributed by atoms with Crippen LogP contribution in [0.25, 0.3) is 137 Å². The molecular weight excluding hydrogens is 1020 g/mol. The number of fused-ring (bicyclic) bond motifs is 16. The lowest BCUT2D eigenvalue weighted by Crippen LogP contribution is -2.36. The van der Waals surface area contributed by atoms with Gasteiger partial charge in [0, 0.05) is 65.7 Å². The van der Waals surface area contributed by atoms with Crippen LogP contribution in [0.3, 0.4) is 0 Å². The molecule has 0 saturated heterocycles. The van der Waals surface area contributed by atoms with E-state index in [2.05, 4.69) is 303 Å². The Morgan fingerprint density at radius 2 is 0.917 bits per heavy atom. The molecule has 1 aliphatic heterocycles. The minimum Gasteiger partial charge on any atom is -0.344 e. The van der Waals surface area contributed by atoms with Crippen molar-refractivity contribution in [2.75, 3.05) is 0 Å². The number of hydrogen-bond donors (Lipinski definition) is 1. The molecule has 16 aromatic rings.